The Balaban J connectivity index is 1.52. The standard InChI is InChI=1S/C15H24N4O2S2/c20-13(10-22-14-18-17-12-23-14)16-11-15(4-2-1-3-5-15)19-6-8-21-9-7-19/h12H,1-11H2,(H,16,20). The molecule has 6 nitrogen and oxygen atoms in total. The SMILES string of the molecule is O=C(CSc1nncs1)NCC1(N2CCOCC2)CCCCC1. The number of nitrogens with zero attached hydrogens (tertiary/aromatic N) is 3. The number of nitrogens with one attached hydrogen (secondary N) is 1. The smallest absolute Gasteiger partial charge is 0.230 e. The summed E-state index contributed by atoms with van der Waals surface area (Å²) in [6, 6.07) is 0. The highest BCUT2D eigenvalue weighted by Gasteiger charge is 2.38. The van der Waals surface area contributed by atoms with E-state index in [1.54, 1.807) is 5.51 Å². The fourth-order valence-electron chi connectivity index (χ4n) is 3.52. The van der Waals surface area contributed by atoms with E-state index in [1.165, 1.54) is 55.2 Å². The Morgan fingerprint density at radius 3 is 2.83 bits per heavy atom. The number of amides is 1. The summed E-state index contributed by atoms with van der Waals surface area (Å²) in [6.45, 7) is 4.33. The lowest BCUT2D eigenvalue weighted by atomic mass is 9.79. The molecule has 2 aliphatic rings. The van der Waals surface area contributed by atoms with Gasteiger partial charge in [-0.1, -0.05) is 42.4 Å². The van der Waals surface area contributed by atoms with Gasteiger partial charge in [0.1, 0.15) is 5.51 Å². The Morgan fingerprint density at radius 2 is 2.13 bits per heavy atom. The number of hydrogen-bond donors (Lipinski definition) is 1. The minimum Gasteiger partial charge on any atom is -0.379 e. The Labute approximate surface area is 145 Å². The zero-order valence-electron chi connectivity index (χ0n) is 13.3. The monoisotopic (exact) mass is 356 g/mol. The average Bonchev–Trinajstić information content (AvgIpc) is 3.13. The van der Waals surface area contributed by atoms with Crippen LogP contribution in [0.15, 0.2) is 9.85 Å². The lowest BCUT2D eigenvalue weighted by Gasteiger charge is -2.48. The maximum atomic E-state index is 12.2. The first-order valence-electron chi connectivity index (χ1n) is 8.27. The predicted octanol–water partition coefficient (Wildman–Crippen LogP) is 1.78. The van der Waals surface area contributed by atoms with Crippen LogP contribution in [0.3, 0.4) is 0 Å². The van der Waals surface area contributed by atoms with Crippen LogP contribution in [0.2, 0.25) is 0 Å². The van der Waals surface area contributed by atoms with Crippen LogP contribution < -0.4 is 5.32 Å². The number of ether oxygens (including phenoxy) is 1. The first-order valence-corrected chi connectivity index (χ1v) is 10.1. The highest BCUT2D eigenvalue weighted by Crippen LogP contribution is 2.34. The van der Waals surface area contributed by atoms with Crippen LogP contribution in [0.25, 0.3) is 0 Å². The fourth-order valence-corrected chi connectivity index (χ4v) is 4.84. The minimum absolute atomic E-state index is 0.0865. The summed E-state index contributed by atoms with van der Waals surface area (Å²) in [5, 5.41) is 10.9. The van der Waals surface area contributed by atoms with Crippen molar-refractivity contribution in [3.05, 3.63) is 5.51 Å². The molecule has 0 spiro atoms. The summed E-state index contributed by atoms with van der Waals surface area (Å²) >= 11 is 2.93. The van der Waals surface area contributed by atoms with Gasteiger partial charge in [0.15, 0.2) is 4.34 Å². The molecule has 0 aromatic carbocycles. The third kappa shape index (κ3) is 4.65. The molecule has 1 aromatic heterocycles. The third-order valence-electron chi connectivity index (χ3n) is 4.75. The first kappa shape index (κ1) is 17.1. The quantitative estimate of drug-likeness (QED) is 0.784. The summed E-state index contributed by atoms with van der Waals surface area (Å²) < 4.78 is 6.34. The maximum absolute atomic E-state index is 12.2. The van der Waals surface area contributed by atoms with E-state index in [9.17, 15) is 4.79 Å². The molecule has 0 atom stereocenters. The highest BCUT2D eigenvalue weighted by molar-refractivity contribution is 8.01. The Bertz CT molecular complexity index is 486. The largest absolute Gasteiger partial charge is 0.379 e. The predicted molar refractivity (Wildman–Crippen MR) is 91.9 cm³/mol. The first-order chi connectivity index (χ1) is 11.3. The number of hydrogen-bond acceptors (Lipinski definition) is 7. The molecule has 1 N–H and O–H groups in total. The van der Waals surface area contributed by atoms with E-state index in [0.29, 0.717) is 5.75 Å². The second-order valence-electron chi connectivity index (χ2n) is 6.15. The average molecular weight is 357 g/mol. The summed E-state index contributed by atoms with van der Waals surface area (Å²) in [6.07, 6.45) is 6.18. The van der Waals surface area contributed by atoms with Crippen molar-refractivity contribution in [3.63, 3.8) is 0 Å². The van der Waals surface area contributed by atoms with Crippen LogP contribution in [0, 0.1) is 0 Å². The highest BCUT2D eigenvalue weighted by atomic mass is 32.2. The van der Waals surface area contributed by atoms with E-state index in [2.05, 4.69) is 20.4 Å². The maximum Gasteiger partial charge on any atom is 0.230 e. The Kier molecular flexibility index (Phi) is 6.27. The van der Waals surface area contributed by atoms with Gasteiger partial charge >= 0.3 is 0 Å². The van der Waals surface area contributed by atoms with Crippen LogP contribution in [0.4, 0.5) is 0 Å². The molecule has 2 fully saturated rings. The van der Waals surface area contributed by atoms with E-state index in [1.807, 2.05) is 0 Å². The van der Waals surface area contributed by atoms with Crippen LogP contribution in [0.1, 0.15) is 32.1 Å². The van der Waals surface area contributed by atoms with Crippen LogP contribution in [0.5, 0.6) is 0 Å². The molecule has 1 aliphatic carbocycles. The zero-order valence-corrected chi connectivity index (χ0v) is 15.0. The Hall–Kier alpha value is -0.700. The van der Waals surface area contributed by atoms with Gasteiger partial charge in [0.2, 0.25) is 5.91 Å². The second kappa shape index (κ2) is 8.41. The molecule has 0 radical (unpaired) electrons. The topological polar surface area (TPSA) is 67.4 Å². The number of carbonyl (C=O) groups excluding carboxylic acids is 1. The van der Waals surface area contributed by atoms with Crippen LogP contribution >= 0.6 is 23.1 Å². The number of thioether (sulfide) groups is 1. The van der Waals surface area contributed by atoms with Gasteiger partial charge in [0.25, 0.3) is 0 Å². The normalized spacial score (nSPS) is 21.9. The molecular formula is C15H24N4O2S2. The zero-order chi connectivity index (χ0) is 16.0. The van der Waals surface area contributed by atoms with Gasteiger partial charge in [-0.2, -0.15) is 0 Å². The number of carbonyl (C=O) groups is 1. The second-order valence-corrected chi connectivity index (χ2v) is 8.21. The fraction of sp³-hybridized carbons (Fsp3) is 0.800. The third-order valence-corrected chi connectivity index (χ3v) is 6.61. The van der Waals surface area contributed by atoms with Gasteiger partial charge in [-0.15, -0.1) is 10.2 Å². The van der Waals surface area contributed by atoms with Crippen LogP contribution in [-0.4, -0.2) is 65.1 Å². The molecule has 23 heavy (non-hydrogen) atoms. The van der Waals surface area contributed by atoms with E-state index < -0.39 is 0 Å². The van der Waals surface area contributed by atoms with Gasteiger partial charge in [-0.25, -0.2) is 0 Å². The van der Waals surface area contributed by atoms with Crippen molar-refractivity contribution in [2.75, 3.05) is 38.6 Å². The van der Waals surface area contributed by atoms with Crippen molar-refractivity contribution in [2.24, 2.45) is 0 Å². The van der Waals surface area contributed by atoms with Gasteiger partial charge in [-0.05, 0) is 12.8 Å². The van der Waals surface area contributed by atoms with Gasteiger partial charge in [0, 0.05) is 25.2 Å². The van der Waals surface area contributed by atoms with E-state index >= 15 is 0 Å². The van der Waals surface area contributed by atoms with Crippen molar-refractivity contribution < 1.29 is 9.53 Å². The lowest BCUT2D eigenvalue weighted by molar-refractivity contribution is -0.119. The molecule has 1 aromatic rings. The van der Waals surface area contributed by atoms with E-state index in [-0.39, 0.29) is 11.4 Å². The van der Waals surface area contributed by atoms with Crippen molar-refractivity contribution >= 4 is 29.0 Å². The lowest BCUT2D eigenvalue weighted by Crippen LogP contribution is -2.59. The number of rotatable bonds is 6. The molecule has 0 unspecified atom stereocenters. The van der Waals surface area contributed by atoms with Crippen molar-refractivity contribution in [3.8, 4) is 0 Å². The summed E-state index contributed by atoms with van der Waals surface area (Å²) in [5.74, 6) is 0.498. The molecule has 3 rings (SSSR count). The van der Waals surface area contributed by atoms with Gasteiger partial charge in [-0.3, -0.25) is 9.69 Å². The van der Waals surface area contributed by atoms with E-state index in [4.69, 9.17) is 4.74 Å². The molecule has 1 amide bonds. The summed E-state index contributed by atoms with van der Waals surface area (Å²) in [4.78, 5) is 14.7. The van der Waals surface area contributed by atoms with Crippen molar-refractivity contribution in [1.82, 2.24) is 20.4 Å². The number of morpholine rings is 1. The molecule has 2 heterocycles. The summed E-state index contributed by atoms with van der Waals surface area (Å²) in [7, 11) is 0. The van der Waals surface area contributed by atoms with Gasteiger partial charge in [0.05, 0.1) is 19.0 Å². The molecular weight excluding hydrogens is 332 g/mol. The molecule has 128 valence electrons. The molecule has 1 aliphatic heterocycles. The molecule has 8 heteroatoms. The van der Waals surface area contributed by atoms with Gasteiger partial charge < -0.3 is 10.1 Å². The van der Waals surface area contributed by atoms with Crippen molar-refractivity contribution in [2.45, 2.75) is 42.0 Å². The van der Waals surface area contributed by atoms with Crippen molar-refractivity contribution in [1.29, 1.82) is 0 Å². The Morgan fingerprint density at radius 1 is 1.35 bits per heavy atom. The minimum atomic E-state index is 0.0865. The molecule has 1 saturated heterocycles. The van der Waals surface area contributed by atoms with Crippen LogP contribution in [-0.2, 0) is 9.53 Å². The molecule has 1 saturated carbocycles. The number of aromatic nitrogens is 2. The molecule has 0 bridgehead atoms. The summed E-state index contributed by atoms with van der Waals surface area (Å²) in [5.41, 5.74) is 1.82. The van der Waals surface area contributed by atoms with E-state index in [0.717, 1.165) is 37.2 Å².